The van der Waals surface area contributed by atoms with Crippen molar-refractivity contribution in [3.8, 4) is 11.3 Å². The SMILES string of the molecule is CNC(=O)C(NC(=O)c1ccc(-c2ccc(CCCC(=O)c3ccc(C)o3)cc2)o1)C1CCCCC1. The standard InChI is InChI=1S/C29H34N2O5/c1-19-11-16-25(35-19)23(32)10-6-7-20-12-14-21(15-13-20)24-17-18-26(36-24)28(33)31-27(29(34)30-2)22-8-4-3-5-9-22/h11-18,22,27H,3-10H2,1-2H3,(H,30,34)(H,31,33). The highest BCUT2D eigenvalue weighted by Gasteiger charge is 2.31. The fourth-order valence-electron chi connectivity index (χ4n) is 4.84. The molecule has 1 aliphatic rings. The minimum absolute atomic E-state index is 0.0169. The van der Waals surface area contributed by atoms with Crippen LogP contribution in [0.25, 0.3) is 11.3 Å². The van der Waals surface area contributed by atoms with E-state index in [1.54, 1.807) is 31.3 Å². The summed E-state index contributed by atoms with van der Waals surface area (Å²) < 4.78 is 11.2. The Bertz CT molecular complexity index is 1180. The van der Waals surface area contributed by atoms with Gasteiger partial charge in [-0.25, -0.2) is 0 Å². The van der Waals surface area contributed by atoms with Crippen LogP contribution in [0.2, 0.25) is 0 Å². The van der Waals surface area contributed by atoms with Crippen molar-refractivity contribution in [3.05, 3.63) is 71.4 Å². The molecule has 36 heavy (non-hydrogen) atoms. The summed E-state index contributed by atoms with van der Waals surface area (Å²) >= 11 is 0. The molecule has 0 radical (unpaired) electrons. The van der Waals surface area contributed by atoms with Gasteiger partial charge in [-0.1, -0.05) is 43.5 Å². The zero-order valence-corrected chi connectivity index (χ0v) is 21.0. The molecule has 1 aromatic carbocycles. The van der Waals surface area contributed by atoms with E-state index in [4.69, 9.17) is 8.83 Å². The van der Waals surface area contributed by atoms with Gasteiger partial charge in [0.05, 0.1) is 0 Å². The summed E-state index contributed by atoms with van der Waals surface area (Å²) in [5.41, 5.74) is 1.97. The van der Waals surface area contributed by atoms with Gasteiger partial charge in [-0.05, 0) is 68.4 Å². The normalized spacial score (nSPS) is 14.8. The number of rotatable bonds is 10. The monoisotopic (exact) mass is 490 g/mol. The van der Waals surface area contributed by atoms with Crippen molar-refractivity contribution in [3.63, 3.8) is 0 Å². The van der Waals surface area contributed by atoms with Crippen LogP contribution in [-0.4, -0.2) is 30.7 Å². The van der Waals surface area contributed by atoms with E-state index in [2.05, 4.69) is 10.6 Å². The molecule has 1 aliphatic carbocycles. The van der Waals surface area contributed by atoms with E-state index < -0.39 is 6.04 Å². The van der Waals surface area contributed by atoms with Crippen molar-refractivity contribution < 1.29 is 23.2 Å². The number of hydrogen-bond donors (Lipinski definition) is 2. The van der Waals surface area contributed by atoms with Crippen LogP contribution >= 0.6 is 0 Å². The smallest absolute Gasteiger partial charge is 0.287 e. The van der Waals surface area contributed by atoms with Gasteiger partial charge in [0, 0.05) is 19.0 Å². The number of benzene rings is 1. The second-order valence-corrected chi connectivity index (χ2v) is 9.51. The van der Waals surface area contributed by atoms with Gasteiger partial charge >= 0.3 is 0 Å². The Balaban J connectivity index is 1.32. The first-order valence-corrected chi connectivity index (χ1v) is 12.8. The third kappa shape index (κ3) is 6.33. The minimum atomic E-state index is -0.556. The Hall–Kier alpha value is -3.61. The maximum Gasteiger partial charge on any atom is 0.287 e. The summed E-state index contributed by atoms with van der Waals surface area (Å²) in [6, 6.07) is 14.3. The van der Waals surface area contributed by atoms with E-state index in [1.807, 2.05) is 31.2 Å². The number of Topliss-reactive ketones (excluding diaryl/α,β-unsaturated/α-hetero) is 1. The van der Waals surface area contributed by atoms with E-state index >= 15 is 0 Å². The van der Waals surface area contributed by atoms with Crippen LogP contribution in [0.4, 0.5) is 0 Å². The third-order valence-corrected chi connectivity index (χ3v) is 6.89. The van der Waals surface area contributed by atoms with Crippen LogP contribution in [0.1, 0.15) is 77.4 Å². The van der Waals surface area contributed by atoms with E-state index in [9.17, 15) is 14.4 Å². The molecule has 7 nitrogen and oxygen atoms in total. The Morgan fingerprint density at radius 1 is 0.917 bits per heavy atom. The lowest BCUT2D eigenvalue weighted by Crippen LogP contribution is -2.50. The van der Waals surface area contributed by atoms with E-state index in [-0.39, 0.29) is 29.3 Å². The molecule has 4 rings (SSSR count). The molecule has 0 aliphatic heterocycles. The first kappa shape index (κ1) is 25.5. The van der Waals surface area contributed by atoms with Crippen molar-refractivity contribution >= 4 is 17.6 Å². The number of aryl methyl sites for hydroxylation is 2. The second kappa shape index (κ2) is 11.9. The molecule has 3 aromatic rings. The van der Waals surface area contributed by atoms with Crippen LogP contribution < -0.4 is 10.6 Å². The van der Waals surface area contributed by atoms with Crippen LogP contribution in [0.5, 0.6) is 0 Å². The summed E-state index contributed by atoms with van der Waals surface area (Å²) in [6.45, 7) is 1.83. The van der Waals surface area contributed by atoms with Gasteiger partial charge in [-0.15, -0.1) is 0 Å². The highest BCUT2D eigenvalue weighted by molar-refractivity contribution is 5.96. The van der Waals surface area contributed by atoms with Gasteiger partial charge in [-0.3, -0.25) is 14.4 Å². The maximum atomic E-state index is 12.9. The summed E-state index contributed by atoms with van der Waals surface area (Å²) in [5, 5.41) is 5.57. The van der Waals surface area contributed by atoms with Crippen molar-refractivity contribution in [1.29, 1.82) is 0 Å². The molecule has 2 N–H and O–H groups in total. The average molecular weight is 491 g/mol. The van der Waals surface area contributed by atoms with Crippen LogP contribution in [0.15, 0.2) is 57.4 Å². The van der Waals surface area contributed by atoms with Crippen molar-refractivity contribution in [2.75, 3.05) is 7.05 Å². The molecule has 190 valence electrons. The molecule has 1 unspecified atom stereocenters. The first-order chi connectivity index (χ1) is 17.4. The minimum Gasteiger partial charge on any atom is -0.458 e. The van der Waals surface area contributed by atoms with Gasteiger partial charge < -0.3 is 19.5 Å². The van der Waals surface area contributed by atoms with Gasteiger partial charge in [0.2, 0.25) is 5.91 Å². The lowest BCUT2D eigenvalue weighted by Gasteiger charge is -2.29. The molecule has 7 heteroatoms. The number of amides is 2. The van der Waals surface area contributed by atoms with Gasteiger partial charge in [0.1, 0.15) is 17.6 Å². The predicted octanol–water partition coefficient (Wildman–Crippen LogP) is 5.48. The fourth-order valence-corrected chi connectivity index (χ4v) is 4.84. The maximum absolute atomic E-state index is 12.9. The molecule has 1 atom stereocenters. The van der Waals surface area contributed by atoms with Crippen molar-refractivity contribution in [1.82, 2.24) is 10.6 Å². The Morgan fingerprint density at radius 2 is 1.64 bits per heavy atom. The number of ketones is 1. The molecule has 2 heterocycles. The molecule has 0 spiro atoms. The van der Waals surface area contributed by atoms with Crippen LogP contribution in [-0.2, 0) is 11.2 Å². The van der Waals surface area contributed by atoms with Gasteiger partial charge in [0.25, 0.3) is 5.91 Å². The number of carbonyl (C=O) groups excluding carboxylic acids is 3. The van der Waals surface area contributed by atoms with Crippen molar-refractivity contribution in [2.45, 2.75) is 64.3 Å². The number of furan rings is 2. The van der Waals surface area contributed by atoms with Crippen LogP contribution in [0, 0.1) is 12.8 Å². The molecular formula is C29H34N2O5. The molecular weight excluding hydrogens is 456 g/mol. The Kier molecular flexibility index (Phi) is 8.41. The summed E-state index contributed by atoms with van der Waals surface area (Å²) in [7, 11) is 1.59. The molecule has 0 saturated heterocycles. The van der Waals surface area contributed by atoms with Gasteiger partial charge in [0.15, 0.2) is 17.3 Å². The summed E-state index contributed by atoms with van der Waals surface area (Å²) in [4.78, 5) is 37.5. The van der Waals surface area contributed by atoms with Crippen LogP contribution in [0.3, 0.4) is 0 Å². The molecule has 1 saturated carbocycles. The van der Waals surface area contributed by atoms with Gasteiger partial charge in [-0.2, -0.15) is 0 Å². The lowest BCUT2D eigenvalue weighted by atomic mass is 9.83. The van der Waals surface area contributed by atoms with E-state index in [0.717, 1.165) is 55.4 Å². The van der Waals surface area contributed by atoms with Crippen molar-refractivity contribution in [2.24, 2.45) is 5.92 Å². The Labute approximate surface area is 211 Å². The third-order valence-electron chi connectivity index (χ3n) is 6.89. The summed E-state index contributed by atoms with van der Waals surface area (Å²) in [6.07, 6.45) is 7.15. The zero-order chi connectivity index (χ0) is 25.5. The topological polar surface area (TPSA) is 102 Å². The average Bonchev–Trinajstić information content (AvgIpc) is 3.57. The fraction of sp³-hybridized carbons (Fsp3) is 0.414. The lowest BCUT2D eigenvalue weighted by molar-refractivity contribution is -0.124. The highest BCUT2D eigenvalue weighted by atomic mass is 16.4. The largest absolute Gasteiger partial charge is 0.458 e. The molecule has 0 bridgehead atoms. The summed E-state index contributed by atoms with van der Waals surface area (Å²) in [5.74, 6) is 1.54. The molecule has 1 fully saturated rings. The number of nitrogens with one attached hydrogen (secondary N) is 2. The second-order valence-electron chi connectivity index (χ2n) is 9.51. The van der Waals surface area contributed by atoms with E-state index in [0.29, 0.717) is 17.9 Å². The highest BCUT2D eigenvalue weighted by Crippen LogP contribution is 2.28. The zero-order valence-electron chi connectivity index (χ0n) is 21.0. The number of hydrogen-bond acceptors (Lipinski definition) is 5. The molecule has 2 amide bonds. The predicted molar refractivity (Wildman–Crippen MR) is 137 cm³/mol. The molecule has 2 aromatic heterocycles. The first-order valence-electron chi connectivity index (χ1n) is 12.8. The number of likely N-dealkylation sites (N-methyl/N-ethyl adjacent to an activating group) is 1. The Morgan fingerprint density at radius 3 is 2.31 bits per heavy atom. The number of carbonyl (C=O) groups is 3. The quantitative estimate of drug-likeness (QED) is 0.367. The van der Waals surface area contributed by atoms with E-state index in [1.165, 1.54) is 6.42 Å².